The first-order valence-corrected chi connectivity index (χ1v) is 7.41. The number of benzene rings is 1. The van der Waals surface area contributed by atoms with Crippen molar-refractivity contribution in [3.8, 4) is 11.3 Å². The van der Waals surface area contributed by atoms with Gasteiger partial charge < -0.3 is 9.52 Å². The molecule has 1 heterocycles. The van der Waals surface area contributed by atoms with Gasteiger partial charge in [0.1, 0.15) is 11.5 Å². The summed E-state index contributed by atoms with van der Waals surface area (Å²) in [6, 6.07) is 9.42. The minimum Gasteiger partial charge on any atom is -0.512 e. The first-order chi connectivity index (χ1) is 10.8. The average molecular weight is 312 g/mol. The van der Waals surface area contributed by atoms with Crippen LogP contribution >= 0.6 is 0 Å². The lowest BCUT2D eigenvalue weighted by atomic mass is 9.94. The molecule has 1 aromatic heterocycles. The summed E-state index contributed by atoms with van der Waals surface area (Å²) in [5.41, 5.74) is 2.23. The van der Waals surface area contributed by atoms with E-state index in [-0.39, 0.29) is 29.3 Å². The summed E-state index contributed by atoms with van der Waals surface area (Å²) in [5, 5.41) is 9.78. The molecule has 0 radical (unpaired) electrons. The molecule has 0 aliphatic rings. The van der Waals surface area contributed by atoms with Crippen molar-refractivity contribution in [3.63, 3.8) is 0 Å². The molecule has 1 N–H and O–H groups in total. The Morgan fingerprint density at radius 3 is 2.17 bits per heavy atom. The Hall–Kier alpha value is -2.62. The van der Waals surface area contributed by atoms with Crippen molar-refractivity contribution in [2.24, 2.45) is 0 Å². The van der Waals surface area contributed by atoms with E-state index in [4.69, 9.17) is 4.42 Å². The van der Waals surface area contributed by atoms with Gasteiger partial charge in [-0.15, -0.1) is 0 Å². The predicted molar refractivity (Wildman–Crippen MR) is 88.6 cm³/mol. The van der Waals surface area contributed by atoms with Gasteiger partial charge in [0.15, 0.2) is 11.6 Å². The van der Waals surface area contributed by atoms with Crippen LogP contribution in [0.2, 0.25) is 0 Å². The summed E-state index contributed by atoms with van der Waals surface area (Å²) >= 11 is 0. The molecule has 0 aliphatic heterocycles. The third-order valence-electron chi connectivity index (χ3n) is 3.79. The van der Waals surface area contributed by atoms with E-state index in [1.54, 1.807) is 6.92 Å². The maximum atomic E-state index is 12.0. The highest BCUT2D eigenvalue weighted by atomic mass is 16.3. The van der Waals surface area contributed by atoms with E-state index >= 15 is 0 Å². The second-order valence-corrected chi connectivity index (χ2v) is 5.56. The van der Waals surface area contributed by atoms with Gasteiger partial charge in [0.05, 0.1) is 11.3 Å². The molecule has 4 heteroatoms. The van der Waals surface area contributed by atoms with E-state index in [1.807, 2.05) is 30.3 Å². The molecule has 120 valence electrons. The number of carbonyl (C=O) groups is 2. The molecular formula is C19H20O4. The molecule has 4 nitrogen and oxygen atoms in total. The number of hydrogen-bond donors (Lipinski definition) is 1. The summed E-state index contributed by atoms with van der Waals surface area (Å²) in [5.74, 6) is 0.697. The SMILES string of the molecule is CC(=O)/C(Cc1c(-c2ccccc2)oc(C)c1C(C)=O)=C(\C)O. The fraction of sp³-hybridized carbons (Fsp3) is 0.263. The fourth-order valence-corrected chi connectivity index (χ4v) is 2.73. The number of rotatable bonds is 5. The van der Waals surface area contributed by atoms with Crippen LogP contribution in [0.3, 0.4) is 0 Å². The zero-order valence-electron chi connectivity index (χ0n) is 13.8. The number of aliphatic hydroxyl groups excluding tert-OH is 1. The van der Waals surface area contributed by atoms with Crippen molar-refractivity contribution >= 4 is 11.6 Å². The van der Waals surface area contributed by atoms with Crippen LogP contribution < -0.4 is 0 Å². The number of furan rings is 1. The number of Topliss-reactive ketones (excluding diaryl/α,β-unsaturated/α-hetero) is 2. The van der Waals surface area contributed by atoms with E-state index in [9.17, 15) is 14.7 Å². The van der Waals surface area contributed by atoms with Crippen LogP contribution in [0, 0.1) is 6.92 Å². The molecule has 0 fully saturated rings. The number of hydrogen-bond acceptors (Lipinski definition) is 4. The van der Waals surface area contributed by atoms with Gasteiger partial charge in [-0.2, -0.15) is 0 Å². The summed E-state index contributed by atoms with van der Waals surface area (Å²) in [6.45, 7) is 6.08. The molecule has 1 aromatic carbocycles. The van der Waals surface area contributed by atoms with Crippen LogP contribution in [0.15, 0.2) is 46.1 Å². The first-order valence-electron chi connectivity index (χ1n) is 7.41. The fourth-order valence-electron chi connectivity index (χ4n) is 2.73. The Morgan fingerprint density at radius 1 is 1.09 bits per heavy atom. The van der Waals surface area contributed by atoms with Gasteiger partial charge in [-0.3, -0.25) is 9.59 Å². The molecule has 0 saturated heterocycles. The molecule has 23 heavy (non-hydrogen) atoms. The normalized spacial score (nSPS) is 12.0. The Balaban J connectivity index is 2.67. The summed E-state index contributed by atoms with van der Waals surface area (Å²) in [6.07, 6.45) is 0.161. The van der Waals surface area contributed by atoms with Gasteiger partial charge in [-0.1, -0.05) is 30.3 Å². The number of carbonyl (C=O) groups excluding carboxylic acids is 2. The second-order valence-electron chi connectivity index (χ2n) is 5.56. The maximum Gasteiger partial charge on any atom is 0.163 e. The van der Waals surface area contributed by atoms with Crippen molar-refractivity contribution in [2.45, 2.75) is 34.1 Å². The number of aryl methyl sites for hydroxylation is 1. The van der Waals surface area contributed by atoms with Gasteiger partial charge >= 0.3 is 0 Å². The van der Waals surface area contributed by atoms with E-state index in [0.29, 0.717) is 22.6 Å². The molecule has 0 spiro atoms. The van der Waals surface area contributed by atoms with Crippen LogP contribution in [0.5, 0.6) is 0 Å². The molecule has 0 amide bonds. The summed E-state index contributed by atoms with van der Waals surface area (Å²) < 4.78 is 5.82. The lowest BCUT2D eigenvalue weighted by Crippen LogP contribution is -2.07. The lowest BCUT2D eigenvalue weighted by molar-refractivity contribution is -0.113. The molecule has 2 aromatic rings. The molecule has 0 atom stereocenters. The average Bonchev–Trinajstić information content (AvgIpc) is 2.81. The highest BCUT2D eigenvalue weighted by Crippen LogP contribution is 2.33. The van der Waals surface area contributed by atoms with Crippen LogP contribution in [-0.2, 0) is 11.2 Å². The molecule has 0 saturated carbocycles. The number of aliphatic hydroxyl groups is 1. The standard InChI is InChI=1S/C19H20O4/c1-11(20)16(12(2)21)10-17-18(13(3)22)14(4)23-19(17)15-8-6-5-7-9-15/h5-9,20H,10H2,1-4H3/b16-11+. The third kappa shape index (κ3) is 3.42. The van der Waals surface area contributed by atoms with Crippen molar-refractivity contribution in [1.82, 2.24) is 0 Å². The van der Waals surface area contributed by atoms with E-state index in [0.717, 1.165) is 5.56 Å². The Labute approximate surface area is 135 Å². The Kier molecular flexibility index (Phi) is 4.84. The summed E-state index contributed by atoms with van der Waals surface area (Å²) in [4.78, 5) is 23.8. The first kappa shape index (κ1) is 16.7. The molecule has 2 rings (SSSR count). The Morgan fingerprint density at radius 2 is 1.70 bits per heavy atom. The van der Waals surface area contributed by atoms with Gasteiger partial charge in [0.25, 0.3) is 0 Å². The summed E-state index contributed by atoms with van der Waals surface area (Å²) in [7, 11) is 0. The van der Waals surface area contributed by atoms with Gasteiger partial charge in [-0.25, -0.2) is 0 Å². The van der Waals surface area contributed by atoms with E-state index in [2.05, 4.69) is 0 Å². The molecule has 0 bridgehead atoms. The monoisotopic (exact) mass is 312 g/mol. The highest BCUT2D eigenvalue weighted by molar-refractivity contribution is 6.00. The van der Waals surface area contributed by atoms with E-state index in [1.165, 1.54) is 20.8 Å². The maximum absolute atomic E-state index is 12.0. The largest absolute Gasteiger partial charge is 0.512 e. The van der Waals surface area contributed by atoms with Gasteiger partial charge in [0, 0.05) is 23.1 Å². The van der Waals surface area contributed by atoms with Crippen molar-refractivity contribution in [1.29, 1.82) is 0 Å². The van der Waals surface area contributed by atoms with Crippen molar-refractivity contribution in [3.05, 3.63) is 58.6 Å². The quantitative estimate of drug-likeness (QED) is 0.504. The van der Waals surface area contributed by atoms with Crippen LogP contribution in [0.1, 0.15) is 42.5 Å². The lowest BCUT2D eigenvalue weighted by Gasteiger charge is -2.08. The second kappa shape index (κ2) is 6.65. The molecule has 0 unspecified atom stereocenters. The van der Waals surface area contributed by atoms with Gasteiger partial charge in [0.2, 0.25) is 0 Å². The predicted octanol–water partition coefficient (Wildman–Crippen LogP) is 4.42. The number of allylic oxidation sites excluding steroid dienone is 2. The topological polar surface area (TPSA) is 67.5 Å². The zero-order chi connectivity index (χ0) is 17.1. The highest BCUT2D eigenvalue weighted by Gasteiger charge is 2.24. The minimum atomic E-state index is -0.225. The van der Waals surface area contributed by atoms with Gasteiger partial charge in [-0.05, 0) is 27.7 Å². The molecular weight excluding hydrogens is 292 g/mol. The minimum absolute atomic E-state index is 0.0372. The van der Waals surface area contributed by atoms with Crippen LogP contribution in [0.4, 0.5) is 0 Å². The zero-order valence-corrected chi connectivity index (χ0v) is 13.8. The number of ketones is 2. The van der Waals surface area contributed by atoms with Crippen molar-refractivity contribution in [2.75, 3.05) is 0 Å². The smallest absolute Gasteiger partial charge is 0.163 e. The molecule has 0 aliphatic carbocycles. The third-order valence-corrected chi connectivity index (χ3v) is 3.79. The van der Waals surface area contributed by atoms with Crippen molar-refractivity contribution < 1.29 is 19.1 Å². The van der Waals surface area contributed by atoms with Crippen LogP contribution in [-0.4, -0.2) is 16.7 Å². The van der Waals surface area contributed by atoms with Crippen LogP contribution in [0.25, 0.3) is 11.3 Å². The Bertz CT molecular complexity index is 775. The van der Waals surface area contributed by atoms with E-state index < -0.39 is 0 Å².